The zero-order chi connectivity index (χ0) is 15.2. The van der Waals surface area contributed by atoms with Crippen molar-refractivity contribution in [1.29, 1.82) is 0 Å². The maximum atomic E-state index is 13.3. The molecule has 0 amide bonds. The number of halogens is 1. The van der Waals surface area contributed by atoms with E-state index in [9.17, 15) is 9.18 Å². The number of benzene rings is 1. The summed E-state index contributed by atoms with van der Waals surface area (Å²) in [6, 6.07) is 6.57. The maximum Gasteiger partial charge on any atom is 0.176 e. The first-order valence-corrected chi connectivity index (χ1v) is 8.09. The van der Waals surface area contributed by atoms with Crippen LogP contribution in [0.15, 0.2) is 24.3 Å². The molecule has 0 spiro atoms. The van der Waals surface area contributed by atoms with Gasteiger partial charge >= 0.3 is 0 Å². The molecule has 2 rings (SSSR count). The summed E-state index contributed by atoms with van der Waals surface area (Å²) in [5, 5.41) is 0. The van der Waals surface area contributed by atoms with Crippen molar-refractivity contribution in [1.82, 2.24) is 4.90 Å². The van der Waals surface area contributed by atoms with Crippen LogP contribution < -0.4 is 0 Å². The van der Waals surface area contributed by atoms with Crippen molar-refractivity contribution in [2.24, 2.45) is 5.92 Å². The highest BCUT2D eigenvalue weighted by molar-refractivity contribution is 5.97. The van der Waals surface area contributed by atoms with E-state index in [2.05, 4.69) is 18.7 Å². The van der Waals surface area contributed by atoms with E-state index < -0.39 is 0 Å². The van der Waals surface area contributed by atoms with Gasteiger partial charge in [0.25, 0.3) is 0 Å². The molecule has 1 aromatic carbocycles. The van der Waals surface area contributed by atoms with Gasteiger partial charge in [-0.3, -0.25) is 9.69 Å². The van der Waals surface area contributed by atoms with Gasteiger partial charge in [0, 0.05) is 11.6 Å². The first kappa shape index (κ1) is 16.2. The van der Waals surface area contributed by atoms with E-state index in [4.69, 9.17) is 0 Å². The molecule has 116 valence electrons. The topological polar surface area (TPSA) is 20.3 Å². The zero-order valence-corrected chi connectivity index (χ0v) is 13.1. The fourth-order valence-electron chi connectivity index (χ4n) is 3.02. The van der Waals surface area contributed by atoms with Gasteiger partial charge in [0.2, 0.25) is 0 Å². The summed E-state index contributed by atoms with van der Waals surface area (Å²) in [6.07, 6.45) is 6.00. The predicted octanol–water partition coefficient (Wildman–Crippen LogP) is 4.30. The van der Waals surface area contributed by atoms with E-state index >= 15 is 0 Å². The van der Waals surface area contributed by atoms with Crippen molar-refractivity contribution < 1.29 is 9.18 Å². The van der Waals surface area contributed by atoms with Crippen LogP contribution in [0.25, 0.3) is 0 Å². The lowest BCUT2D eigenvalue weighted by molar-refractivity contribution is 0.0885. The Hall–Kier alpha value is -1.22. The smallest absolute Gasteiger partial charge is 0.176 e. The van der Waals surface area contributed by atoms with Gasteiger partial charge < -0.3 is 0 Å². The van der Waals surface area contributed by atoms with E-state index in [1.165, 1.54) is 37.8 Å². The highest BCUT2D eigenvalue weighted by Gasteiger charge is 2.24. The second kappa shape index (κ2) is 7.69. The maximum absolute atomic E-state index is 13.3. The largest absolute Gasteiger partial charge is 0.293 e. The Kier molecular flexibility index (Phi) is 5.92. The lowest BCUT2D eigenvalue weighted by atomic mass is 10.1. The minimum Gasteiger partial charge on any atom is -0.293 e. The monoisotopic (exact) mass is 291 g/mol. The molecule has 1 aliphatic rings. The first-order valence-electron chi connectivity index (χ1n) is 8.09. The predicted molar refractivity (Wildman–Crippen MR) is 84.0 cm³/mol. The Morgan fingerprint density at radius 3 is 2.67 bits per heavy atom. The number of nitrogens with zero attached hydrogens (tertiary/aromatic N) is 1. The van der Waals surface area contributed by atoms with E-state index in [1.54, 1.807) is 12.1 Å². The van der Waals surface area contributed by atoms with Gasteiger partial charge in [-0.25, -0.2) is 4.39 Å². The second-order valence-corrected chi connectivity index (χ2v) is 6.52. The van der Waals surface area contributed by atoms with Gasteiger partial charge in [0.15, 0.2) is 5.78 Å². The van der Waals surface area contributed by atoms with Crippen molar-refractivity contribution >= 4 is 5.78 Å². The number of carbonyl (C=O) groups excluding carboxylic acids is 1. The number of rotatable bonds is 7. The van der Waals surface area contributed by atoms with Gasteiger partial charge in [-0.1, -0.05) is 38.8 Å². The SMILES string of the molecule is CC(C)CCN(CC(=O)c1cccc(F)c1)C1CCCC1. The third kappa shape index (κ3) is 4.92. The molecular formula is C18H26FNO. The standard InChI is InChI=1S/C18H26FNO/c1-14(2)10-11-20(17-8-3-4-9-17)13-18(21)15-6-5-7-16(19)12-15/h5-7,12,14,17H,3-4,8-11,13H2,1-2H3. The van der Waals surface area contributed by atoms with Crippen molar-refractivity contribution in [3.63, 3.8) is 0 Å². The summed E-state index contributed by atoms with van der Waals surface area (Å²) in [6.45, 7) is 5.80. The number of hydrogen-bond donors (Lipinski definition) is 0. The molecule has 1 aromatic rings. The Bertz CT molecular complexity index is 466. The molecule has 0 atom stereocenters. The molecule has 1 aliphatic carbocycles. The van der Waals surface area contributed by atoms with E-state index in [0.29, 0.717) is 24.1 Å². The van der Waals surface area contributed by atoms with E-state index in [-0.39, 0.29) is 11.6 Å². The molecule has 0 saturated heterocycles. The van der Waals surface area contributed by atoms with Gasteiger partial charge in [-0.2, -0.15) is 0 Å². The molecule has 0 bridgehead atoms. The average molecular weight is 291 g/mol. The number of Topliss-reactive ketones (excluding diaryl/α,β-unsaturated/α-hetero) is 1. The third-order valence-electron chi connectivity index (χ3n) is 4.33. The van der Waals surface area contributed by atoms with E-state index in [0.717, 1.165) is 13.0 Å². The van der Waals surface area contributed by atoms with Crippen LogP contribution in [0.4, 0.5) is 4.39 Å². The Labute approximate surface area is 127 Å². The minimum atomic E-state index is -0.338. The molecule has 0 heterocycles. The quantitative estimate of drug-likeness (QED) is 0.698. The summed E-state index contributed by atoms with van der Waals surface area (Å²) in [5.41, 5.74) is 0.488. The van der Waals surface area contributed by atoms with Crippen LogP contribution in [-0.2, 0) is 0 Å². The van der Waals surface area contributed by atoms with Gasteiger partial charge in [-0.05, 0) is 43.9 Å². The van der Waals surface area contributed by atoms with Crippen molar-refractivity contribution in [2.75, 3.05) is 13.1 Å². The summed E-state index contributed by atoms with van der Waals surface area (Å²) in [7, 11) is 0. The molecule has 0 radical (unpaired) electrons. The Morgan fingerprint density at radius 2 is 2.05 bits per heavy atom. The van der Waals surface area contributed by atoms with Gasteiger partial charge in [0.05, 0.1) is 6.54 Å². The van der Waals surface area contributed by atoms with Crippen molar-refractivity contribution in [3.05, 3.63) is 35.6 Å². The normalized spacial score (nSPS) is 16.0. The van der Waals surface area contributed by atoms with Crippen LogP contribution in [0.2, 0.25) is 0 Å². The fourth-order valence-corrected chi connectivity index (χ4v) is 3.02. The molecule has 2 nitrogen and oxygen atoms in total. The van der Waals surface area contributed by atoms with Crippen LogP contribution in [0.5, 0.6) is 0 Å². The van der Waals surface area contributed by atoms with Crippen molar-refractivity contribution in [3.8, 4) is 0 Å². The highest BCUT2D eigenvalue weighted by atomic mass is 19.1. The van der Waals surface area contributed by atoms with Gasteiger partial charge in [-0.15, -0.1) is 0 Å². The number of ketones is 1. The third-order valence-corrected chi connectivity index (χ3v) is 4.33. The zero-order valence-electron chi connectivity index (χ0n) is 13.1. The number of hydrogen-bond acceptors (Lipinski definition) is 2. The lowest BCUT2D eigenvalue weighted by Crippen LogP contribution is -2.38. The minimum absolute atomic E-state index is 0.0326. The summed E-state index contributed by atoms with van der Waals surface area (Å²) >= 11 is 0. The molecule has 1 fully saturated rings. The second-order valence-electron chi connectivity index (χ2n) is 6.52. The Balaban J connectivity index is 2.01. The molecule has 0 N–H and O–H groups in total. The molecule has 21 heavy (non-hydrogen) atoms. The first-order chi connectivity index (χ1) is 10.1. The Morgan fingerprint density at radius 1 is 1.33 bits per heavy atom. The lowest BCUT2D eigenvalue weighted by Gasteiger charge is -2.28. The molecule has 1 saturated carbocycles. The summed E-state index contributed by atoms with van der Waals surface area (Å²) in [5.74, 6) is 0.332. The summed E-state index contributed by atoms with van der Waals surface area (Å²) in [4.78, 5) is 14.7. The molecule has 3 heteroatoms. The van der Waals surface area contributed by atoms with Gasteiger partial charge in [0.1, 0.15) is 5.82 Å². The summed E-state index contributed by atoms with van der Waals surface area (Å²) < 4.78 is 13.3. The molecule has 0 aliphatic heterocycles. The van der Waals surface area contributed by atoms with Crippen LogP contribution in [0, 0.1) is 11.7 Å². The average Bonchev–Trinajstić information content (AvgIpc) is 2.97. The highest BCUT2D eigenvalue weighted by Crippen LogP contribution is 2.24. The molecular weight excluding hydrogens is 265 g/mol. The van der Waals surface area contributed by atoms with Crippen LogP contribution in [-0.4, -0.2) is 29.8 Å². The molecule has 0 aromatic heterocycles. The number of carbonyl (C=O) groups is 1. The fraction of sp³-hybridized carbons (Fsp3) is 0.611. The van der Waals surface area contributed by atoms with E-state index in [1.807, 2.05) is 0 Å². The molecule has 0 unspecified atom stereocenters. The van der Waals surface area contributed by atoms with Crippen molar-refractivity contribution in [2.45, 2.75) is 52.0 Å². The van der Waals surface area contributed by atoms with Crippen LogP contribution >= 0.6 is 0 Å². The van der Waals surface area contributed by atoms with Crippen LogP contribution in [0.3, 0.4) is 0 Å². The van der Waals surface area contributed by atoms with Crippen LogP contribution in [0.1, 0.15) is 56.3 Å².